The Morgan fingerprint density at radius 3 is 1.91 bits per heavy atom. The van der Waals surface area contributed by atoms with Crippen LogP contribution in [0.4, 0.5) is 0 Å². The fraction of sp³-hybridized carbons (Fsp3) is 0.750. The van der Waals surface area contributed by atoms with Crippen molar-refractivity contribution >= 4 is 25.5 Å². The molecule has 0 heterocycles. The maximum Gasteiger partial charge on any atom is 1.00 e. The molecule has 1 aliphatic rings. The molecule has 0 fully saturated rings. The summed E-state index contributed by atoms with van der Waals surface area (Å²) in [5.74, 6) is -1.04. The summed E-state index contributed by atoms with van der Waals surface area (Å²) in [4.78, 5) is 49.6. The van der Waals surface area contributed by atoms with Crippen LogP contribution in [0.1, 0.15) is 168 Å². The van der Waals surface area contributed by atoms with Crippen LogP contribution < -0.4 is 34.5 Å². The molecule has 0 radical (unpaired) electrons. The minimum Gasteiger partial charge on any atom is -0.756 e. The quantitative estimate of drug-likeness (QED) is 0.0175. The van der Waals surface area contributed by atoms with Gasteiger partial charge in [0.2, 0.25) is 0 Å². The Morgan fingerprint density at radius 1 is 0.754 bits per heavy atom. The van der Waals surface area contributed by atoms with E-state index in [1.807, 2.05) is 30.4 Å². The van der Waals surface area contributed by atoms with Gasteiger partial charge in [0.1, 0.15) is 12.7 Å². The molecule has 1 unspecified atom stereocenters. The Hall–Kier alpha value is -1.40. The molecular weight excluding hydrogens is 758 g/mol. The second kappa shape index (κ2) is 37.6. The van der Waals surface area contributed by atoms with Crippen molar-refractivity contribution in [3.63, 3.8) is 0 Å². The average molecular weight is 833 g/mol. The maximum atomic E-state index is 12.7. The van der Waals surface area contributed by atoms with E-state index < -0.39 is 51.8 Å². The number of carbonyl (C=O) groups is 3. The van der Waals surface area contributed by atoms with Crippen LogP contribution in [-0.2, 0) is 37.5 Å². The van der Waals surface area contributed by atoms with Crippen LogP contribution in [0.15, 0.2) is 48.1 Å². The summed E-state index contributed by atoms with van der Waals surface area (Å²) in [5, 5.41) is 18.3. The second-order valence-electron chi connectivity index (χ2n) is 14.8. The third-order valence-electron chi connectivity index (χ3n) is 9.63. The number of carbonyl (C=O) groups excluding carboxylic acids is 3. The van der Waals surface area contributed by atoms with Crippen molar-refractivity contribution in [2.24, 2.45) is 5.92 Å². The maximum absolute atomic E-state index is 12.7. The zero-order valence-corrected chi connectivity index (χ0v) is 38.5. The van der Waals surface area contributed by atoms with Crippen molar-refractivity contribution < 1.29 is 82.1 Å². The summed E-state index contributed by atoms with van der Waals surface area (Å²) in [7, 11) is -4.91. The molecule has 4 atom stereocenters. The third kappa shape index (κ3) is 32.1. The van der Waals surface area contributed by atoms with Gasteiger partial charge in [0, 0.05) is 24.3 Å². The van der Waals surface area contributed by atoms with Crippen molar-refractivity contribution in [1.29, 1.82) is 0 Å². The molecule has 0 saturated heterocycles. The Kier molecular flexibility index (Phi) is 36.7. The standard InChI is InChI=1S/C44H75O11P.Na/c1-3-5-7-9-11-12-13-14-15-16-17-18-19-21-26-30-43(48)52-36-40(37-54-56(50,51)53-35-39(46)34-45)55-44(49)31-27-23-22-24-28-38-32-33-42(47)41(38)29-25-20-10-8-6-4-2;/h20,22,24-25,29,32-33,38-40,45-46H,3-19,21,23,26-28,30-31,34-37H2,1-2H3,(H,50,51);/q;+1/p-1/b24-22-,25-20+,41-29+;/t38-,39+,40-;/m0./s1. The van der Waals surface area contributed by atoms with Gasteiger partial charge in [0.25, 0.3) is 7.82 Å². The zero-order valence-electron chi connectivity index (χ0n) is 35.6. The monoisotopic (exact) mass is 832 g/mol. The van der Waals surface area contributed by atoms with Crippen LogP contribution in [0.2, 0.25) is 0 Å². The van der Waals surface area contributed by atoms with E-state index in [9.17, 15) is 28.9 Å². The van der Waals surface area contributed by atoms with Crippen molar-refractivity contribution in [2.45, 2.75) is 180 Å². The van der Waals surface area contributed by atoms with E-state index in [1.165, 1.54) is 83.5 Å². The SMILES string of the molecule is CCCCC/C=C/C=C1/C(=O)C=C[C@@H]1C/C=C\CCCC(=O)O[C@@H](COC(=O)CCCCCCCCCCCCCCCCC)COP(=O)([O-])OC[C@H](O)CO.[Na+]. The smallest absolute Gasteiger partial charge is 0.756 e. The first-order valence-corrected chi connectivity index (χ1v) is 23.1. The van der Waals surface area contributed by atoms with Crippen molar-refractivity contribution in [1.82, 2.24) is 0 Å². The summed E-state index contributed by atoms with van der Waals surface area (Å²) in [6.45, 7) is 1.97. The van der Waals surface area contributed by atoms with Crippen LogP contribution in [0.3, 0.4) is 0 Å². The van der Waals surface area contributed by atoms with Gasteiger partial charge in [-0.25, -0.2) is 0 Å². The molecule has 322 valence electrons. The molecule has 1 aliphatic carbocycles. The van der Waals surface area contributed by atoms with Crippen molar-refractivity contribution in [3.8, 4) is 0 Å². The molecule has 0 saturated carbocycles. The van der Waals surface area contributed by atoms with Crippen LogP contribution in [0.25, 0.3) is 0 Å². The molecule has 0 amide bonds. The summed E-state index contributed by atoms with van der Waals surface area (Å²) in [6.07, 6.45) is 35.5. The van der Waals surface area contributed by atoms with Gasteiger partial charge in [-0.3, -0.25) is 18.9 Å². The number of unbranched alkanes of at least 4 members (excludes halogenated alkanes) is 18. The molecule has 0 aromatic carbocycles. The topological polar surface area (TPSA) is 169 Å². The van der Waals surface area contributed by atoms with Crippen molar-refractivity contribution in [3.05, 3.63) is 48.1 Å². The van der Waals surface area contributed by atoms with E-state index in [1.54, 1.807) is 6.08 Å². The van der Waals surface area contributed by atoms with E-state index in [0.717, 1.165) is 37.7 Å². The molecule has 1 rings (SSSR count). The van der Waals surface area contributed by atoms with Crippen LogP contribution >= 0.6 is 7.82 Å². The number of phosphoric ester groups is 1. The fourth-order valence-electron chi connectivity index (χ4n) is 6.20. The number of allylic oxidation sites excluding steroid dienone is 8. The van der Waals surface area contributed by atoms with Crippen molar-refractivity contribution in [2.75, 3.05) is 26.4 Å². The molecular formula is C44H74NaO11P. The number of rotatable bonds is 37. The molecule has 0 spiro atoms. The molecule has 0 aromatic heterocycles. The van der Waals surface area contributed by atoms with Gasteiger partial charge in [0.05, 0.1) is 19.8 Å². The van der Waals surface area contributed by atoms with Gasteiger partial charge in [-0.15, -0.1) is 0 Å². The summed E-state index contributed by atoms with van der Waals surface area (Å²) < 4.78 is 32.3. The van der Waals surface area contributed by atoms with E-state index in [-0.39, 0.29) is 60.7 Å². The van der Waals surface area contributed by atoms with Crippen LogP contribution in [-0.4, -0.2) is 66.6 Å². The van der Waals surface area contributed by atoms with E-state index >= 15 is 0 Å². The van der Waals surface area contributed by atoms with Gasteiger partial charge in [-0.05, 0) is 44.6 Å². The second-order valence-corrected chi connectivity index (χ2v) is 16.3. The summed E-state index contributed by atoms with van der Waals surface area (Å²) in [6, 6.07) is 0. The molecule has 11 nitrogen and oxygen atoms in total. The molecule has 2 N–H and O–H groups in total. The number of phosphoric acid groups is 1. The third-order valence-corrected chi connectivity index (χ3v) is 10.6. The fourth-order valence-corrected chi connectivity index (χ4v) is 6.98. The predicted molar refractivity (Wildman–Crippen MR) is 220 cm³/mol. The largest absolute Gasteiger partial charge is 1.00 e. The van der Waals surface area contributed by atoms with E-state index in [2.05, 4.69) is 24.4 Å². The normalized spacial score (nSPS) is 17.0. The Bertz CT molecular complexity index is 1220. The van der Waals surface area contributed by atoms with Gasteiger partial charge in [0.15, 0.2) is 11.9 Å². The number of ether oxygens (including phenoxy) is 2. The average Bonchev–Trinajstić information content (AvgIpc) is 3.54. The Morgan fingerprint density at radius 2 is 1.30 bits per heavy atom. The van der Waals surface area contributed by atoms with Gasteiger partial charge in [-0.1, -0.05) is 153 Å². The number of hydrogen-bond acceptors (Lipinski definition) is 11. The number of aliphatic hydroxyl groups excluding tert-OH is 2. The van der Waals surface area contributed by atoms with Crippen LogP contribution in [0.5, 0.6) is 0 Å². The number of aliphatic hydroxyl groups is 2. The molecule has 0 aromatic rings. The van der Waals surface area contributed by atoms with Gasteiger partial charge >= 0.3 is 41.5 Å². The molecule has 0 aliphatic heterocycles. The number of hydrogen-bond donors (Lipinski definition) is 2. The molecule has 57 heavy (non-hydrogen) atoms. The van der Waals surface area contributed by atoms with E-state index in [0.29, 0.717) is 25.7 Å². The minimum absolute atomic E-state index is 0. The first-order valence-electron chi connectivity index (χ1n) is 21.6. The molecule has 0 bridgehead atoms. The number of ketones is 1. The van der Waals surface area contributed by atoms with Gasteiger partial charge < -0.3 is 33.6 Å². The van der Waals surface area contributed by atoms with E-state index in [4.69, 9.17) is 19.1 Å². The minimum atomic E-state index is -4.91. The van der Waals surface area contributed by atoms with Crippen LogP contribution in [0, 0.1) is 5.92 Å². The Balaban J connectivity index is 0.0000314. The molecule has 13 heteroatoms. The summed E-state index contributed by atoms with van der Waals surface area (Å²) in [5.41, 5.74) is 0.770. The zero-order chi connectivity index (χ0) is 41.1. The first kappa shape index (κ1) is 55.6. The summed E-state index contributed by atoms with van der Waals surface area (Å²) >= 11 is 0. The van der Waals surface area contributed by atoms with Gasteiger partial charge in [-0.2, -0.15) is 0 Å². The first-order chi connectivity index (χ1) is 27.1. The Labute approximate surface area is 366 Å². The predicted octanol–water partition coefficient (Wildman–Crippen LogP) is 6.50. The number of esters is 2.